The van der Waals surface area contributed by atoms with Gasteiger partial charge in [-0.3, -0.25) is 19.3 Å². The van der Waals surface area contributed by atoms with Crippen LogP contribution in [0.4, 0.5) is 4.39 Å². The number of ether oxygens (including phenoxy) is 1. The summed E-state index contributed by atoms with van der Waals surface area (Å²) in [6, 6.07) is 9.69. The summed E-state index contributed by atoms with van der Waals surface area (Å²) in [6.07, 6.45) is 3.27. The van der Waals surface area contributed by atoms with Crippen molar-refractivity contribution in [3.63, 3.8) is 0 Å². The average molecular weight is 557 g/mol. The minimum Gasteiger partial charge on any atom is -0.495 e. The molecule has 0 spiro atoms. The van der Waals surface area contributed by atoms with E-state index >= 15 is 0 Å². The van der Waals surface area contributed by atoms with Gasteiger partial charge in [0, 0.05) is 83.2 Å². The number of nitrogens with zero attached hydrogens (tertiary/aromatic N) is 4. The number of amides is 2. The van der Waals surface area contributed by atoms with E-state index in [0.717, 1.165) is 31.7 Å². The molecule has 2 aliphatic heterocycles. The SMILES string of the molecule is COc1cc(C(=O)/C=C/N2CCN(Cc3ccc(F)cc3)C[C@H]2C)c(C(=O)N2CCN(C(C)=O)CC2)cc1Cl. The molecule has 2 fully saturated rings. The second kappa shape index (κ2) is 12.6. The van der Waals surface area contributed by atoms with Crippen LogP contribution in [-0.4, -0.2) is 96.2 Å². The van der Waals surface area contributed by atoms with E-state index in [-0.39, 0.29) is 45.6 Å². The van der Waals surface area contributed by atoms with Gasteiger partial charge in [-0.15, -0.1) is 0 Å². The largest absolute Gasteiger partial charge is 0.495 e. The van der Waals surface area contributed by atoms with Crippen LogP contribution in [0.25, 0.3) is 0 Å². The van der Waals surface area contributed by atoms with Gasteiger partial charge in [0.1, 0.15) is 11.6 Å². The number of rotatable bonds is 7. The fourth-order valence-corrected chi connectivity index (χ4v) is 5.24. The van der Waals surface area contributed by atoms with Crippen LogP contribution >= 0.6 is 11.6 Å². The summed E-state index contributed by atoms with van der Waals surface area (Å²) in [4.78, 5) is 46.2. The molecule has 39 heavy (non-hydrogen) atoms. The number of benzene rings is 2. The van der Waals surface area contributed by atoms with E-state index in [9.17, 15) is 18.8 Å². The second-order valence-electron chi connectivity index (χ2n) is 9.96. The van der Waals surface area contributed by atoms with Crippen LogP contribution in [0.2, 0.25) is 5.02 Å². The Morgan fingerprint density at radius 2 is 1.67 bits per heavy atom. The fraction of sp³-hybridized carbons (Fsp3) is 0.414. The number of hydrogen-bond donors (Lipinski definition) is 0. The molecule has 0 aliphatic carbocycles. The lowest BCUT2D eigenvalue weighted by molar-refractivity contribution is -0.130. The molecule has 2 aromatic rings. The Morgan fingerprint density at radius 3 is 2.28 bits per heavy atom. The number of halogens is 2. The van der Waals surface area contributed by atoms with Gasteiger partial charge in [0.25, 0.3) is 5.91 Å². The zero-order valence-electron chi connectivity index (χ0n) is 22.5. The van der Waals surface area contributed by atoms with Crippen molar-refractivity contribution in [1.29, 1.82) is 0 Å². The lowest BCUT2D eigenvalue weighted by atomic mass is 10.0. The van der Waals surface area contributed by atoms with Gasteiger partial charge >= 0.3 is 0 Å². The second-order valence-corrected chi connectivity index (χ2v) is 10.4. The zero-order chi connectivity index (χ0) is 28.1. The van der Waals surface area contributed by atoms with E-state index in [1.807, 2.05) is 0 Å². The molecule has 0 bridgehead atoms. The summed E-state index contributed by atoms with van der Waals surface area (Å²) in [5.41, 5.74) is 1.48. The molecule has 4 rings (SSSR count). The van der Waals surface area contributed by atoms with Gasteiger partial charge in [-0.05, 0) is 36.8 Å². The maximum absolute atomic E-state index is 13.4. The first-order valence-corrected chi connectivity index (χ1v) is 13.4. The lowest BCUT2D eigenvalue weighted by Gasteiger charge is -2.39. The Bertz CT molecular complexity index is 1240. The molecular formula is C29H34ClFN4O4. The average Bonchev–Trinajstić information content (AvgIpc) is 2.93. The predicted molar refractivity (Wildman–Crippen MR) is 147 cm³/mol. The highest BCUT2D eigenvalue weighted by Gasteiger charge is 2.28. The van der Waals surface area contributed by atoms with E-state index < -0.39 is 0 Å². The molecule has 1 atom stereocenters. The van der Waals surface area contributed by atoms with Crippen molar-refractivity contribution in [1.82, 2.24) is 19.6 Å². The molecule has 10 heteroatoms. The number of piperazine rings is 2. The van der Waals surface area contributed by atoms with Gasteiger partial charge in [-0.25, -0.2) is 4.39 Å². The Balaban J connectivity index is 1.45. The van der Waals surface area contributed by atoms with Crippen LogP contribution in [0, 0.1) is 5.82 Å². The highest BCUT2D eigenvalue weighted by atomic mass is 35.5. The van der Waals surface area contributed by atoms with Crippen LogP contribution in [0.3, 0.4) is 0 Å². The van der Waals surface area contributed by atoms with Crippen LogP contribution in [-0.2, 0) is 11.3 Å². The summed E-state index contributed by atoms with van der Waals surface area (Å²) >= 11 is 6.34. The molecule has 2 heterocycles. The third kappa shape index (κ3) is 6.96. The van der Waals surface area contributed by atoms with E-state index in [4.69, 9.17) is 16.3 Å². The van der Waals surface area contributed by atoms with Crippen molar-refractivity contribution in [3.8, 4) is 5.75 Å². The topological polar surface area (TPSA) is 73.4 Å². The van der Waals surface area contributed by atoms with Crippen LogP contribution in [0.15, 0.2) is 48.7 Å². The van der Waals surface area contributed by atoms with Gasteiger partial charge < -0.3 is 19.4 Å². The summed E-state index contributed by atoms with van der Waals surface area (Å²) in [5, 5.41) is 0.245. The third-order valence-corrected chi connectivity index (χ3v) is 7.60. The number of carbonyl (C=O) groups excluding carboxylic acids is 3. The zero-order valence-corrected chi connectivity index (χ0v) is 23.3. The fourth-order valence-electron chi connectivity index (χ4n) is 5.00. The Morgan fingerprint density at radius 1 is 1.00 bits per heavy atom. The van der Waals surface area contributed by atoms with Crippen LogP contribution < -0.4 is 4.74 Å². The number of methoxy groups -OCH3 is 1. The standard InChI is InChI=1S/C29H34ClFN4O4/c1-20-18-32(19-22-4-6-23(31)7-5-22)10-11-33(20)9-8-27(37)24-17-28(39-3)26(30)16-25(24)29(38)35-14-12-34(13-15-35)21(2)36/h4-9,16-17,20H,10-15,18-19H2,1-3H3/b9-8+/t20-/m1/s1. The molecule has 0 radical (unpaired) electrons. The van der Waals surface area contributed by atoms with Crippen LogP contribution in [0.5, 0.6) is 5.75 Å². The summed E-state index contributed by atoms with van der Waals surface area (Å²) in [5.74, 6) is -0.584. The first-order chi connectivity index (χ1) is 18.7. The highest BCUT2D eigenvalue weighted by molar-refractivity contribution is 6.33. The molecule has 208 valence electrons. The van der Waals surface area contributed by atoms with Crippen molar-refractivity contribution in [2.45, 2.75) is 26.4 Å². The third-order valence-electron chi connectivity index (χ3n) is 7.30. The van der Waals surface area contributed by atoms with Gasteiger partial charge in [0.2, 0.25) is 5.91 Å². The minimum atomic E-state index is -0.323. The Kier molecular flexibility index (Phi) is 9.24. The van der Waals surface area contributed by atoms with Crippen molar-refractivity contribution in [3.05, 3.63) is 76.2 Å². The van der Waals surface area contributed by atoms with E-state index in [2.05, 4.69) is 16.7 Å². The molecule has 0 aromatic heterocycles. The van der Waals surface area contributed by atoms with Crippen LogP contribution in [0.1, 0.15) is 40.1 Å². The highest BCUT2D eigenvalue weighted by Crippen LogP contribution is 2.30. The van der Waals surface area contributed by atoms with Gasteiger partial charge in [0.05, 0.1) is 17.7 Å². The first kappa shape index (κ1) is 28.6. The quantitative estimate of drug-likeness (QED) is 0.382. The van der Waals surface area contributed by atoms with Crippen molar-refractivity contribution < 1.29 is 23.5 Å². The molecule has 0 unspecified atom stereocenters. The predicted octanol–water partition coefficient (Wildman–Crippen LogP) is 3.69. The number of ketones is 1. The number of allylic oxidation sites excluding steroid dienone is 1. The summed E-state index contributed by atoms with van der Waals surface area (Å²) in [7, 11) is 1.46. The molecule has 2 aromatic carbocycles. The smallest absolute Gasteiger partial charge is 0.254 e. The van der Waals surface area contributed by atoms with E-state index in [1.54, 1.807) is 28.1 Å². The van der Waals surface area contributed by atoms with Gasteiger partial charge in [-0.2, -0.15) is 0 Å². The van der Waals surface area contributed by atoms with E-state index in [0.29, 0.717) is 31.9 Å². The van der Waals surface area contributed by atoms with Crippen molar-refractivity contribution in [2.24, 2.45) is 0 Å². The molecule has 8 nitrogen and oxygen atoms in total. The number of carbonyl (C=O) groups is 3. The van der Waals surface area contributed by atoms with Gasteiger partial charge in [-0.1, -0.05) is 23.7 Å². The molecular weight excluding hydrogens is 523 g/mol. The minimum absolute atomic E-state index is 0.0267. The Hall–Kier alpha value is -3.43. The van der Waals surface area contributed by atoms with Crippen molar-refractivity contribution in [2.75, 3.05) is 52.9 Å². The first-order valence-electron chi connectivity index (χ1n) is 13.0. The monoisotopic (exact) mass is 556 g/mol. The normalized spacial score (nSPS) is 18.5. The molecule has 0 N–H and O–H groups in total. The van der Waals surface area contributed by atoms with E-state index in [1.165, 1.54) is 44.4 Å². The molecule has 2 saturated heterocycles. The maximum Gasteiger partial charge on any atom is 0.254 e. The lowest BCUT2D eigenvalue weighted by Crippen LogP contribution is -2.50. The molecule has 0 saturated carbocycles. The maximum atomic E-state index is 13.4. The summed E-state index contributed by atoms with van der Waals surface area (Å²) in [6.45, 7) is 8.29. The molecule has 2 aliphatic rings. The molecule has 2 amide bonds. The van der Waals surface area contributed by atoms with Crippen molar-refractivity contribution >= 4 is 29.2 Å². The van der Waals surface area contributed by atoms with Gasteiger partial charge in [0.15, 0.2) is 5.78 Å². The summed E-state index contributed by atoms with van der Waals surface area (Å²) < 4.78 is 18.5. The number of hydrogen-bond acceptors (Lipinski definition) is 6. The Labute approximate surface area is 233 Å².